The van der Waals surface area contributed by atoms with Gasteiger partial charge in [0.05, 0.1) is 23.5 Å². The highest BCUT2D eigenvalue weighted by Gasteiger charge is 2.25. The summed E-state index contributed by atoms with van der Waals surface area (Å²) in [5.74, 6) is 0.203. The molecule has 1 amide bonds. The van der Waals surface area contributed by atoms with Crippen LogP contribution in [0.2, 0.25) is 0 Å². The minimum Gasteiger partial charge on any atom is -0.323 e. The van der Waals surface area contributed by atoms with Crippen molar-refractivity contribution in [3.63, 3.8) is 0 Å². The first-order valence-electron chi connectivity index (χ1n) is 4.68. The Bertz CT molecular complexity index is 354. The van der Waals surface area contributed by atoms with E-state index in [0.29, 0.717) is 0 Å². The molecule has 0 spiro atoms. The number of carbonyl (C=O) groups is 1. The molecule has 1 aromatic heterocycles. The summed E-state index contributed by atoms with van der Waals surface area (Å²) in [7, 11) is 1.86. The van der Waals surface area contributed by atoms with Crippen LogP contribution in [0.15, 0.2) is 6.20 Å². The third-order valence-electron chi connectivity index (χ3n) is 2.65. The average Bonchev–Trinajstić information content (AvgIpc) is 2.33. The number of amides is 1. The van der Waals surface area contributed by atoms with Crippen molar-refractivity contribution in [2.75, 3.05) is 18.4 Å². The third-order valence-corrected chi connectivity index (χ3v) is 2.65. The molecule has 0 atom stereocenters. The van der Waals surface area contributed by atoms with Gasteiger partial charge in [-0.2, -0.15) is 5.10 Å². The van der Waals surface area contributed by atoms with Crippen LogP contribution in [0, 0.1) is 12.8 Å². The zero-order valence-electron chi connectivity index (χ0n) is 8.37. The number of anilines is 1. The van der Waals surface area contributed by atoms with Crippen molar-refractivity contribution in [2.45, 2.75) is 6.92 Å². The van der Waals surface area contributed by atoms with Crippen molar-refractivity contribution in [2.24, 2.45) is 13.0 Å². The topological polar surface area (TPSA) is 59.0 Å². The van der Waals surface area contributed by atoms with Crippen molar-refractivity contribution in [3.05, 3.63) is 11.9 Å². The van der Waals surface area contributed by atoms with E-state index >= 15 is 0 Å². The lowest BCUT2D eigenvalue weighted by atomic mass is 10.0. The summed E-state index contributed by atoms with van der Waals surface area (Å²) < 4.78 is 1.74. The van der Waals surface area contributed by atoms with Gasteiger partial charge < -0.3 is 10.6 Å². The minimum atomic E-state index is 0.0832. The lowest BCUT2D eigenvalue weighted by Crippen LogP contribution is -2.48. The molecule has 14 heavy (non-hydrogen) atoms. The highest BCUT2D eigenvalue weighted by molar-refractivity contribution is 5.93. The molecule has 0 aromatic carbocycles. The molecule has 0 bridgehead atoms. The van der Waals surface area contributed by atoms with Gasteiger partial charge in [-0.25, -0.2) is 0 Å². The van der Waals surface area contributed by atoms with E-state index < -0.39 is 0 Å². The standard InChI is InChI=1S/C9H14N4O/c1-6-8(5-11-13(6)2)12-9(14)7-3-10-4-7/h5,7,10H,3-4H2,1-2H3,(H,12,14). The largest absolute Gasteiger partial charge is 0.323 e. The molecule has 2 N–H and O–H groups in total. The molecule has 2 rings (SSSR count). The molecule has 0 radical (unpaired) electrons. The van der Waals surface area contributed by atoms with Crippen molar-refractivity contribution in [1.29, 1.82) is 0 Å². The Hall–Kier alpha value is -1.36. The molecule has 0 saturated carbocycles. The van der Waals surface area contributed by atoms with Gasteiger partial charge in [-0.05, 0) is 6.92 Å². The molecule has 0 unspecified atom stereocenters. The Labute approximate surface area is 82.5 Å². The average molecular weight is 194 g/mol. The van der Waals surface area contributed by atoms with Gasteiger partial charge in [-0.3, -0.25) is 9.48 Å². The van der Waals surface area contributed by atoms with E-state index in [9.17, 15) is 4.79 Å². The normalized spacial score (nSPS) is 16.4. The van der Waals surface area contributed by atoms with Crippen LogP contribution in [0.3, 0.4) is 0 Å². The van der Waals surface area contributed by atoms with Crippen LogP contribution in [0.25, 0.3) is 0 Å². The molecule has 1 aliphatic rings. The molecule has 0 aliphatic carbocycles. The molecule has 5 nitrogen and oxygen atoms in total. The highest BCUT2D eigenvalue weighted by Crippen LogP contribution is 2.14. The summed E-state index contributed by atoms with van der Waals surface area (Å²) in [6, 6.07) is 0. The number of rotatable bonds is 2. The van der Waals surface area contributed by atoms with Crippen LogP contribution in [0.5, 0.6) is 0 Å². The molecular weight excluding hydrogens is 180 g/mol. The SMILES string of the molecule is Cc1c(NC(=O)C2CNC2)cnn1C. The van der Waals surface area contributed by atoms with Gasteiger partial charge in [0, 0.05) is 20.1 Å². The second kappa shape index (κ2) is 3.42. The summed E-state index contributed by atoms with van der Waals surface area (Å²) >= 11 is 0. The number of carbonyl (C=O) groups excluding carboxylic acids is 1. The van der Waals surface area contributed by atoms with E-state index in [1.165, 1.54) is 0 Å². The predicted molar refractivity (Wildman–Crippen MR) is 52.9 cm³/mol. The van der Waals surface area contributed by atoms with E-state index in [0.717, 1.165) is 24.5 Å². The monoisotopic (exact) mass is 194 g/mol. The molecule has 1 saturated heterocycles. The zero-order chi connectivity index (χ0) is 10.1. The predicted octanol–water partition coefficient (Wildman–Crippen LogP) is -0.114. The molecule has 76 valence electrons. The second-order valence-electron chi connectivity index (χ2n) is 3.61. The maximum Gasteiger partial charge on any atom is 0.230 e. The molecule has 1 fully saturated rings. The minimum absolute atomic E-state index is 0.0832. The number of hydrogen-bond acceptors (Lipinski definition) is 3. The van der Waals surface area contributed by atoms with Crippen molar-refractivity contribution < 1.29 is 4.79 Å². The van der Waals surface area contributed by atoms with Crippen LogP contribution in [0.1, 0.15) is 5.69 Å². The Morgan fingerprint density at radius 1 is 1.71 bits per heavy atom. The Balaban J connectivity index is 2.03. The number of aromatic nitrogens is 2. The molecule has 1 aromatic rings. The fourth-order valence-electron chi connectivity index (χ4n) is 1.33. The Morgan fingerprint density at radius 2 is 2.43 bits per heavy atom. The molecule has 1 aliphatic heterocycles. The van der Waals surface area contributed by atoms with E-state index in [2.05, 4.69) is 15.7 Å². The van der Waals surface area contributed by atoms with E-state index in [1.807, 2.05) is 14.0 Å². The molecule has 2 heterocycles. The highest BCUT2D eigenvalue weighted by atomic mass is 16.2. The number of nitrogens with one attached hydrogen (secondary N) is 2. The third kappa shape index (κ3) is 1.50. The number of aryl methyl sites for hydroxylation is 1. The van der Waals surface area contributed by atoms with Crippen LogP contribution in [-0.4, -0.2) is 28.8 Å². The van der Waals surface area contributed by atoms with Gasteiger partial charge in [0.15, 0.2) is 0 Å². The van der Waals surface area contributed by atoms with Crippen molar-refractivity contribution in [1.82, 2.24) is 15.1 Å². The Morgan fingerprint density at radius 3 is 2.86 bits per heavy atom. The van der Waals surface area contributed by atoms with E-state index in [1.54, 1.807) is 10.9 Å². The fraction of sp³-hybridized carbons (Fsp3) is 0.556. The smallest absolute Gasteiger partial charge is 0.230 e. The number of nitrogens with zero attached hydrogens (tertiary/aromatic N) is 2. The van der Waals surface area contributed by atoms with Gasteiger partial charge in [0.1, 0.15) is 0 Å². The summed E-state index contributed by atoms with van der Waals surface area (Å²) in [6.45, 7) is 3.50. The van der Waals surface area contributed by atoms with Crippen LogP contribution in [-0.2, 0) is 11.8 Å². The summed E-state index contributed by atoms with van der Waals surface area (Å²) in [6.07, 6.45) is 1.68. The van der Waals surface area contributed by atoms with Crippen LogP contribution in [0.4, 0.5) is 5.69 Å². The Kier molecular flexibility index (Phi) is 2.25. The first kappa shape index (κ1) is 9.21. The fourth-order valence-corrected chi connectivity index (χ4v) is 1.33. The maximum absolute atomic E-state index is 11.6. The zero-order valence-corrected chi connectivity index (χ0v) is 8.37. The van der Waals surface area contributed by atoms with Crippen LogP contribution < -0.4 is 10.6 Å². The van der Waals surface area contributed by atoms with Crippen molar-refractivity contribution in [3.8, 4) is 0 Å². The summed E-state index contributed by atoms with van der Waals surface area (Å²) in [5.41, 5.74) is 1.79. The van der Waals surface area contributed by atoms with Gasteiger partial charge in [0.2, 0.25) is 5.91 Å². The van der Waals surface area contributed by atoms with Crippen molar-refractivity contribution >= 4 is 11.6 Å². The quantitative estimate of drug-likeness (QED) is 0.690. The lowest BCUT2D eigenvalue weighted by Gasteiger charge is -2.25. The van der Waals surface area contributed by atoms with Crippen LogP contribution >= 0.6 is 0 Å². The lowest BCUT2D eigenvalue weighted by molar-refractivity contribution is -0.121. The summed E-state index contributed by atoms with van der Waals surface area (Å²) in [5, 5.41) is 10.00. The summed E-state index contributed by atoms with van der Waals surface area (Å²) in [4.78, 5) is 11.6. The maximum atomic E-state index is 11.6. The molecular formula is C9H14N4O. The molecule has 5 heteroatoms. The van der Waals surface area contributed by atoms with E-state index in [4.69, 9.17) is 0 Å². The van der Waals surface area contributed by atoms with Gasteiger partial charge >= 0.3 is 0 Å². The second-order valence-corrected chi connectivity index (χ2v) is 3.61. The number of hydrogen-bond donors (Lipinski definition) is 2. The first-order chi connectivity index (χ1) is 6.68. The van der Waals surface area contributed by atoms with Gasteiger partial charge in [0.25, 0.3) is 0 Å². The first-order valence-corrected chi connectivity index (χ1v) is 4.68. The van der Waals surface area contributed by atoms with E-state index in [-0.39, 0.29) is 11.8 Å². The van der Waals surface area contributed by atoms with Gasteiger partial charge in [-0.15, -0.1) is 0 Å². The van der Waals surface area contributed by atoms with Gasteiger partial charge in [-0.1, -0.05) is 0 Å².